The zero-order valence-corrected chi connectivity index (χ0v) is 10.3. The average Bonchev–Trinajstić information content (AvgIpc) is 2.29. The molecule has 2 nitrogen and oxygen atoms in total. The Labute approximate surface area is 104 Å². The second-order valence-electron chi connectivity index (χ2n) is 3.19. The van der Waals surface area contributed by atoms with Gasteiger partial charge in [-0.3, -0.25) is 0 Å². The Morgan fingerprint density at radius 1 is 1.19 bits per heavy atom. The van der Waals surface area contributed by atoms with Crippen LogP contribution in [0.25, 0.3) is 0 Å². The number of hydrogen-bond donors (Lipinski definition) is 1. The normalized spacial score (nSPS) is 10.1. The largest absolute Gasteiger partial charge is 0.373 e. The zero-order chi connectivity index (χ0) is 11.4. The van der Waals surface area contributed by atoms with Gasteiger partial charge in [-0.05, 0) is 30.3 Å². The molecule has 0 saturated heterocycles. The van der Waals surface area contributed by atoms with E-state index in [0.29, 0.717) is 0 Å². The second kappa shape index (κ2) is 5.23. The molecule has 2 aromatic rings. The molecule has 1 aromatic carbocycles. The highest BCUT2D eigenvalue weighted by atomic mass is 35.5. The van der Waals surface area contributed by atoms with Crippen LogP contribution in [0.15, 0.2) is 52.4 Å². The molecule has 0 bridgehead atoms. The summed E-state index contributed by atoms with van der Waals surface area (Å²) in [4.78, 5) is 6.43. The maximum absolute atomic E-state index is 5.93. The molecule has 2 rings (SSSR count). The van der Waals surface area contributed by atoms with Crippen LogP contribution < -0.4 is 5.32 Å². The van der Waals surface area contributed by atoms with Gasteiger partial charge in [0.2, 0.25) is 0 Å². The molecule has 1 heterocycles. The molecule has 1 N–H and O–H groups in total. The average molecular weight is 251 g/mol. The SMILES string of the molecule is CNc1cc(Sc2cccc(Cl)c2)ccn1. The van der Waals surface area contributed by atoms with Gasteiger partial charge in [0.25, 0.3) is 0 Å². The first-order valence-corrected chi connectivity index (χ1v) is 6.04. The number of anilines is 1. The fraction of sp³-hybridized carbons (Fsp3) is 0.0833. The number of halogens is 1. The van der Waals surface area contributed by atoms with Crippen LogP contribution in [0, 0.1) is 0 Å². The molecule has 0 aliphatic carbocycles. The fourth-order valence-corrected chi connectivity index (χ4v) is 2.44. The Morgan fingerprint density at radius 2 is 2.00 bits per heavy atom. The number of nitrogens with zero attached hydrogens (tertiary/aromatic N) is 1. The summed E-state index contributed by atoms with van der Waals surface area (Å²) < 4.78 is 0. The van der Waals surface area contributed by atoms with Gasteiger partial charge in [-0.1, -0.05) is 29.4 Å². The standard InChI is InChI=1S/C12H11ClN2S/c1-14-12-8-11(5-6-15-12)16-10-4-2-3-9(13)7-10/h2-8H,1H3,(H,14,15). The van der Waals surface area contributed by atoms with E-state index in [-0.39, 0.29) is 0 Å². The van der Waals surface area contributed by atoms with E-state index in [1.165, 1.54) is 0 Å². The van der Waals surface area contributed by atoms with Gasteiger partial charge >= 0.3 is 0 Å². The van der Waals surface area contributed by atoms with Crippen LogP contribution in [0.3, 0.4) is 0 Å². The van der Waals surface area contributed by atoms with E-state index in [2.05, 4.69) is 10.3 Å². The number of hydrogen-bond acceptors (Lipinski definition) is 3. The first kappa shape index (κ1) is 11.3. The molecule has 16 heavy (non-hydrogen) atoms. The van der Waals surface area contributed by atoms with Crippen molar-refractivity contribution in [3.05, 3.63) is 47.6 Å². The van der Waals surface area contributed by atoms with Crippen LogP contribution in [0.2, 0.25) is 5.02 Å². The van der Waals surface area contributed by atoms with Gasteiger partial charge < -0.3 is 5.32 Å². The third-order valence-electron chi connectivity index (χ3n) is 2.02. The number of benzene rings is 1. The molecule has 82 valence electrons. The van der Waals surface area contributed by atoms with Crippen molar-refractivity contribution in [3.63, 3.8) is 0 Å². The lowest BCUT2D eigenvalue weighted by molar-refractivity contribution is 1.23. The summed E-state index contributed by atoms with van der Waals surface area (Å²) in [6, 6.07) is 11.8. The molecule has 0 aliphatic rings. The van der Waals surface area contributed by atoms with E-state index in [9.17, 15) is 0 Å². The van der Waals surface area contributed by atoms with Crippen LogP contribution in [-0.4, -0.2) is 12.0 Å². The number of nitrogens with one attached hydrogen (secondary N) is 1. The van der Waals surface area contributed by atoms with E-state index in [4.69, 9.17) is 11.6 Å². The summed E-state index contributed by atoms with van der Waals surface area (Å²) in [5.41, 5.74) is 0. The summed E-state index contributed by atoms with van der Waals surface area (Å²) in [5, 5.41) is 3.77. The molecule has 0 spiro atoms. The molecule has 0 aliphatic heterocycles. The van der Waals surface area contributed by atoms with Crippen LogP contribution in [0.4, 0.5) is 5.82 Å². The van der Waals surface area contributed by atoms with E-state index >= 15 is 0 Å². The van der Waals surface area contributed by atoms with Gasteiger partial charge in [0.1, 0.15) is 5.82 Å². The minimum absolute atomic E-state index is 0.757. The molecular formula is C12H11ClN2S. The maximum atomic E-state index is 5.93. The van der Waals surface area contributed by atoms with Gasteiger partial charge in [0.05, 0.1) is 0 Å². The van der Waals surface area contributed by atoms with Crippen molar-refractivity contribution >= 4 is 29.2 Å². The van der Waals surface area contributed by atoms with Crippen LogP contribution in [0.5, 0.6) is 0 Å². The van der Waals surface area contributed by atoms with Gasteiger partial charge in [-0.15, -0.1) is 0 Å². The maximum Gasteiger partial charge on any atom is 0.126 e. The lowest BCUT2D eigenvalue weighted by Crippen LogP contribution is -1.90. The summed E-state index contributed by atoms with van der Waals surface area (Å²) in [6.07, 6.45) is 1.79. The molecule has 0 radical (unpaired) electrons. The van der Waals surface area contributed by atoms with Gasteiger partial charge in [-0.25, -0.2) is 4.98 Å². The molecule has 0 amide bonds. The number of rotatable bonds is 3. The van der Waals surface area contributed by atoms with Crippen molar-refractivity contribution in [2.75, 3.05) is 12.4 Å². The van der Waals surface area contributed by atoms with Crippen molar-refractivity contribution in [1.29, 1.82) is 0 Å². The molecule has 4 heteroatoms. The Kier molecular flexibility index (Phi) is 3.70. The van der Waals surface area contributed by atoms with Crippen molar-refractivity contribution in [2.24, 2.45) is 0 Å². The number of pyridine rings is 1. The van der Waals surface area contributed by atoms with E-state index < -0.39 is 0 Å². The van der Waals surface area contributed by atoms with Gasteiger partial charge in [-0.2, -0.15) is 0 Å². The van der Waals surface area contributed by atoms with Crippen molar-refractivity contribution in [2.45, 2.75) is 9.79 Å². The third-order valence-corrected chi connectivity index (χ3v) is 3.23. The minimum atomic E-state index is 0.757. The molecule has 0 fully saturated rings. The van der Waals surface area contributed by atoms with Crippen molar-refractivity contribution in [1.82, 2.24) is 4.98 Å². The third kappa shape index (κ3) is 2.90. The Bertz CT molecular complexity index is 488. The summed E-state index contributed by atoms with van der Waals surface area (Å²) in [7, 11) is 1.86. The summed E-state index contributed by atoms with van der Waals surface area (Å²) in [5.74, 6) is 0.868. The van der Waals surface area contributed by atoms with E-state index in [1.807, 2.05) is 43.4 Å². The highest BCUT2D eigenvalue weighted by Gasteiger charge is 1.99. The highest BCUT2D eigenvalue weighted by Crippen LogP contribution is 2.29. The smallest absolute Gasteiger partial charge is 0.126 e. The fourth-order valence-electron chi connectivity index (χ4n) is 1.28. The first-order chi connectivity index (χ1) is 7.78. The first-order valence-electron chi connectivity index (χ1n) is 4.85. The van der Waals surface area contributed by atoms with Crippen molar-refractivity contribution in [3.8, 4) is 0 Å². The predicted molar refractivity (Wildman–Crippen MR) is 69.4 cm³/mol. The van der Waals surface area contributed by atoms with Crippen molar-refractivity contribution < 1.29 is 0 Å². The molecule has 0 unspecified atom stereocenters. The lowest BCUT2D eigenvalue weighted by atomic mass is 10.4. The van der Waals surface area contributed by atoms with Crippen LogP contribution in [-0.2, 0) is 0 Å². The minimum Gasteiger partial charge on any atom is -0.373 e. The van der Waals surface area contributed by atoms with Gasteiger partial charge in [0.15, 0.2) is 0 Å². The van der Waals surface area contributed by atoms with E-state index in [0.717, 1.165) is 20.6 Å². The van der Waals surface area contributed by atoms with E-state index in [1.54, 1.807) is 18.0 Å². The highest BCUT2D eigenvalue weighted by molar-refractivity contribution is 7.99. The molecule has 1 aromatic heterocycles. The number of aromatic nitrogens is 1. The molecular weight excluding hydrogens is 240 g/mol. The second-order valence-corrected chi connectivity index (χ2v) is 4.77. The lowest BCUT2D eigenvalue weighted by Gasteiger charge is -2.04. The Balaban J connectivity index is 2.20. The quantitative estimate of drug-likeness (QED) is 0.894. The zero-order valence-electron chi connectivity index (χ0n) is 8.77. The Morgan fingerprint density at radius 3 is 2.75 bits per heavy atom. The summed E-state index contributed by atoms with van der Waals surface area (Å²) >= 11 is 7.60. The summed E-state index contributed by atoms with van der Waals surface area (Å²) in [6.45, 7) is 0. The molecule has 0 saturated carbocycles. The van der Waals surface area contributed by atoms with Crippen LogP contribution in [0.1, 0.15) is 0 Å². The van der Waals surface area contributed by atoms with Crippen LogP contribution >= 0.6 is 23.4 Å². The monoisotopic (exact) mass is 250 g/mol. The predicted octanol–water partition coefficient (Wildman–Crippen LogP) is 3.93. The van der Waals surface area contributed by atoms with Gasteiger partial charge in [0, 0.05) is 28.1 Å². The Hall–Kier alpha value is -1.19. The topological polar surface area (TPSA) is 24.9 Å². The molecule has 0 atom stereocenters.